The van der Waals surface area contributed by atoms with Gasteiger partial charge in [-0.3, -0.25) is 14.4 Å². The lowest BCUT2D eigenvalue weighted by atomic mass is 9.66. The first-order valence-electron chi connectivity index (χ1n) is 29.5. The van der Waals surface area contributed by atoms with Gasteiger partial charge in [0, 0.05) is 24.7 Å². The maximum Gasteiger partial charge on any atom is 0.306 e. The summed E-state index contributed by atoms with van der Waals surface area (Å²) in [6.07, 6.45) is 60.3. The van der Waals surface area contributed by atoms with Gasteiger partial charge in [0.2, 0.25) is 0 Å². The van der Waals surface area contributed by atoms with Crippen molar-refractivity contribution in [1.82, 2.24) is 0 Å². The van der Waals surface area contributed by atoms with E-state index in [0.717, 1.165) is 55.2 Å². The molecule has 2 aliphatic rings. The van der Waals surface area contributed by atoms with Crippen LogP contribution in [0.3, 0.4) is 0 Å². The third-order valence-electron chi connectivity index (χ3n) is 15.7. The summed E-state index contributed by atoms with van der Waals surface area (Å²) in [7, 11) is 0. The van der Waals surface area contributed by atoms with Crippen LogP contribution in [-0.4, -0.2) is 29.9 Å². The van der Waals surface area contributed by atoms with Crippen LogP contribution in [0.1, 0.15) is 263 Å². The van der Waals surface area contributed by atoms with Crippen LogP contribution in [0.25, 0.3) is 0 Å². The van der Waals surface area contributed by atoms with E-state index < -0.39 is 5.41 Å². The fraction of sp³-hybridized carbons (Fsp3) is 0.662. The summed E-state index contributed by atoms with van der Waals surface area (Å²) in [6, 6.07) is 0. The van der Waals surface area contributed by atoms with Crippen LogP contribution in [0.2, 0.25) is 0 Å². The Morgan fingerprint density at radius 1 is 0.466 bits per heavy atom. The Morgan fingerprint density at radius 3 is 1.29 bits per heavy atom. The van der Waals surface area contributed by atoms with Gasteiger partial charge in [0.25, 0.3) is 0 Å². The van der Waals surface area contributed by atoms with Crippen molar-refractivity contribution in [1.29, 1.82) is 0 Å². The molecule has 5 heteroatoms. The van der Waals surface area contributed by atoms with E-state index in [9.17, 15) is 14.4 Å². The van der Waals surface area contributed by atoms with Crippen molar-refractivity contribution in [2.45, 2.75) is 275 Å². The standard InChI is InChI=1S/C68H108O5/c1-13-15-17-19-21-23-25-27-29-31-33-45-64(70)72-60-51-59(7)62(66(8,9)52-60)49-47-57(5)43-37-41-55(3)39-35-36-40-56(4)42-38-44-58(6)48-50-63(69)68(12)54-61(53-67(68,10)11)73-65(71)46-34-32-30-28-26-24-22-20-18-16-14-2/h35-44,47-50,60-61H,13-34,45-46,51-54H2,1-12H3/b36-35+,41-37+,42-38+,49-47+,50-48+,55-39+,56-40+,57-43+,58-44+/t60-,61+,68+/m1/s1. The molecule has 2 rings (SSSR count). The van der Waals surface area contributed by atoms with Crippen LogP contribution in [0.4, 0.5) is 0 Å². The second-order valence-electron chi connectivity index (χ2n) is 23.7. The van der Waals surface area contributed by atoms with Gasteiger partial charge in [-0.1, -0.05) is 284 Å². The number of ketones is 1. The third-order valence-corrected chi connectivity index (χ3v) is 15.7. The van der Waals surface area contributed by atoms with Crippen LogP contribution >= 0.6 is 0 Å². The molecular weight excluding hydrogens is 897 g/mol. The molecule has 0 aliphatic heterocycles. The first-order valence-corrected chi connectivity index (χ1v) is 29.5. The van der Waals surface area contributed by atoms with Gasteiger partial charge in [-0.25, -0.2) is 0 Å². The van der Waals surface area contributed by atoms with Crippen LogP contribution in [0, 0.1) is 16.2 Å². The number of esters is 2. The minimum atomic E-state index is -0.593. The number of ether oxygens (including phenoxy) is 2. The second kappa shape index (κ2) is 36.9. The van der Waals surface area contributed by atoms with Gasteiger partial charge < -0.3 is 9.47 Å². The molecule has 0 aromatic carbocycles. The minimum Gasteiger partial charge on any atom is -0.462 e. The Kier molecular flexibility index (Phi) is 32.9. The van der Waals surface area contributed by atoms with E-state index in [-0.39, 0.29) is 40.8 Å². The van der Waals surface area contributed by atoms with Crippen molar-refractivity contribution in [3.8, 4) is 0 Å². The van der Waals surface area contributed by atoms with Crippen molar-refractivity contribution in [3.63, 3.8) is 0 Å². The summed E-state index contributed by atoms with van der Waals surface area (Å²) in [6.45, 7) is 25.9. The lowest BCUT2D eigenvalue weighted by Crippen LogP contribution is -2.36. The van der Waals surface area contributed by atoms with Gasteiger partial charge >= 0.3 is 11.9 Å². The summed E-state index contributed by atoms with van der Waals surface area (Å²) < 4.78 is 12.0. The van der Waals surface area contributed by atoms with Crippen LogP contribution in [0.5, 0.6) is 0 Å². The minimum absolute atomic E-state index is 0.0347. The highest BCUT2D eigenvalue weighted by atomic mass is 16.5. The van der Waals surface area contributed by atoms with E-state index in [2.05, 4.69) is 130 Å². The first kappa shape index (κ1) is 65.1. The fourth-order valence-electron chi connectivity index (χ4n) is 10.7. The molecule has 0 amide bonds. The summed E-state index contributed by atoms with van der Waals surface area (Å²) in [5.74, 6) is -0.0638. The van der Waals surface area contributed by atoms with Crippen molar-refractivity contribution in [2.75, 3.05) is 0 Å². The Morgan fingerprint density at radius 2 is 0.849 bits per heavy atom. The molecule has 0 saturated heterocycles. The first-order chi connectivity index (χ1) is 34.8. The van der Waals surface area contributed by atoms with Gasteiger partial charge in [-0.15, -0.1) is 0 Å². The van der Waals surface area contributed by atoms with Crippen molar-refractivity contribution in [2.24, 2.45) is 16.2 Å². The highest BCUT2D eigenvalue weighted by molar-refractivity contribution is 5.96. The zero-order valence-corrected chi connectivity index (χ0v) is 49.1. The second-order valence-corrected chi connectivity index (χ2v) is 23.7. The molecule has 0 heterocycles. The number of rotatable bonds is 37. The topological polar surface area (TPSA) is 69.7 Å². The molecule has 410 valence electrons. The van der Waals surface area contributed by atoms with Crippen molar-refractivity contribution < 1.29 is 23.9 Å². The lowest BCUT2D eigenvalue weighted by Gasteiger charge is -2.37. The van der Waals surface area contributed by atoms with Crippen LogP contribution in [0.15, 0.2) is 119 Å². The maximum atomic E-state index is 13.7. The predicted octanol–water partition coefficient (Wildman–Crippen LogP) is 20.3. The molecule has 5 nitrogen and oxygen atoms in total. The van der Waals surface area contributed by atoms with Crippen LogP contribution < -0.4 is 0 Å². The van der Waals surface area contributed by atoms with Crippen LogP contribution in [-0.2, 0) is 23.9 Å². The van der Waals surface area contributed by atoms with E-state index in [4.69, 9.17) is 9.47 Å². The number of allylic oxidation sites excluding steroid dienone is 19. The van der Waals surface area contributed by atoms with Gasteiger partial charge in [0.1, 0.15) is 12.2 Å². The molecule has 0 radical (unpaired) electrons. The van der Waals surface area contributed by atoms with Gasteiger partial charge in [0.05, 0.1) is 0 Å². The van der Waals surface area contributed by atoms with E-state index in [1.165, 1.54) is 132 Å². The molecule has 0 unspecified atom stereocenters. The molecule has 0 N–H and O–H groups in total. The normalized spacial score (nSPS) is 21.0. The summed E-state index contributed by atoms with van der Waals surface area (Å²) >= 11 is 0. The number of unbranched alkanes of at least 4 members (excludes halogenated alkanes) is 20. The molecule has 3 atom stereocenters. The third kappa shape index (κ3) is 27.9. The molecule has 0 aromatic heterocycles. The molecule has 1 fully saturated rings. The maximum absolute atomic E-state index is 13.7. The van der Waals surface area contributed by atoms with E-state index in [0.29, 0.717) is 25.7 Å². The number of hydrogen-bond acceptors (Lipinski definition) is 5. The molecule has 0 aromatic rings. The largest absolute Gasteiger partial charge is 0.462 e. The molecule has 0 spiro atoms. The molecule has 0 bridgehead atoms. The van der Waals surface area contributed by atoms with E-state index >= 15 is 0 Å². The van der Waals surface area contributed by atoms with Crippen molar-refractivity contribution >= 4 is 17.7 Å². The fourth-order valence-corrected chi connectivity index (χ4v) is 10.7. The van der Waals surface area contributed by atoms with Gasteiger partial charge in [-0.2, -0.15) is 0 Å². The highest BCUT2D eigenvalue weighted by Crippen LogP contribution is 2.54. The number of hydrogen-bond donors (Lipinski definition) is 0. The summed E-state index contributed by atoms with van der Waals surface area (Å²) in [5.41, 5.74) is 6.16. The summed E-state index contributed by atoms with van der Waals surface area (Å²) in [4.78, 5) is 39.1. The van der Waals surface area contributed by atoms with Gasteiger partial charge in [-0.05, 0) is 89.2 Å². The van der Waals surface area contributed by atoms with Gasteiger partial charge in [0.15, 0.2) is 5.78 Å². The zero-order chi connectivity index (χ0) is 54.0. The van der Waals surface area contributed by atoms with Crippen molar-refractivity contribution in [3.05, 3.63) is 119 Å². The lowest BCUT2D eigenvalue weighted by molar-refractivity contribution is -0.151. The Balaban J connectivity index is 1.76. The average Bonchev–Trinajstić information content (AvgIpc) is 3.56. The monoisotopic (exact) mass is 1000 g/mol. The predicted molar refractivity (Wildman–Crippen MR) is 314 cm³/mol. The summed E-state index contributed by atoms with van der Waals surface area (Å²) in [5, 5.41) is 0. The molecule has 1 saturated carbocycles. The Hall–Kier alpha value is -3.99. The highest BCUT2D eigenvalue weighted by Gasteiger charge is 2.54. The number of carbonyl (C=O) groups excluding carboxylic acids is 3. The smallest absolute Gasteiger partial charge is 0.306 e. The quantitative estimate of drug-likeness (QED) is 0.0268. The molecular formula is C68H108O5. The molecule has 2 aliphatic carbocycles. The number of carbonyl (C=O) groups is 3. The molecule has 73 heavy (non-hydrogen) atoms. The average molecular weight is 1010 g/mol. The Labute approximate surface area is 449 Å². The van der Waals surface area contributed by atoms with E-state index in [1.807, 2.05) is 32.1 Å². The SMILES string of the molecule is CCCCCCCCCCCCCC(=O)O[C@@H]1CC(C)=C(/C=C/C(C)=C/C=C/C(C)=C/C=C/C=C(C)/C=C/C=C(C)/C=C/C(=O)[C@]2(C)C[C@@H](OC(=O)CCCCCCCCCCCCC)CC2(C)C)C(C)(C)C1. The Bertz CT molecular complexity index is 1950. The zero-order valence-electron chi connectivity index (χ0n) is 49.1. The van der Waals surface area contributed by atoms with E-state index in [1.54, 1.807) is 6.08 Å².